The molecule has 1 atom stereocenters. The number of benzene rings is 3. The normalized spacial score (nSPS) is 19.7. The molecule has 2 aliphatic heterocycles. The maximum absolute atomic E-state index is 14.1. The first-order valence-corrected chi connectivity index (χ1v) is 15.7. The zero-order valence-electron chi connectivity index (χ0n) is 22.1. The molecule has 38 heavy (non-hydrogen) atoms. The second-order valence-corrected chi connectivity index (χ2v) is 13.3. The largest absolute Gasteiger partial charge is 0.318 e. The molecule has 1 fully saturated rings. The van der Waals surface area contributed by atoms with Crippen molar-refractivity contribution in [3.05, 3.63) is 95.1 Å². The Kier molecular flexibility index (Phi) is 6.65. The van der Waals surface area contributed by atoms with E-state index in [0.29, 0.717) is 19.4 Å². The lowest BCUT2D eigenvalue weighted by Crippen LogP contribution is -2.57. The van der Waals surface area contributed by atoms with Gasteiger partial charge in [0, 0.05) is 25.2 Å². The molecule has 0 saturated carbocycles. The monoisotopic (exact) mass is 528 g/mol. The Bertz CT molecular complexity index is 1420. The van der Waals surface area contributed by atoms with Gasteiger partial charge in [-0.05, 0) is 66.0 Å². The molecular formula is C32H36N2O3S. The van der Waals surface area contributed by atoms with Gasteiger partial charge in [-0.1, -0.05) is 80.1 Å². The maximum Gasteiger partial charge on any atom is 0.255 e. The minimum atomic E-state index is -3.43. The van der Waals surface area contributed by atoms with E-state index in [4.69, 9.17) is 0 Å². The van der Waals surface area contributed by atoms with Gasteiger partial charge in [-0.3, -0.25) is 9.69 Å². The SMILES string of the molecule is CCCCS(=O)(=O)C1(CCCCN2CCC2N2Cc3ccccc3C2=O)c2ccccc2-c2ccccc21. The average Bonchev–Trinajstić information content (AvgIpc) is 3.40. The average molecular weight is 529 g/mol. The number of unbranched alkanes of at least 4 members (excludes halogenated alkanes) is 2. The first-order chi connectivity index (χ1) is 18.5. The highest BCUT2D eigenvalue weighted by Gasteiger charge is 2.52. The third-order valence-electron chi connectivity index (χ3n) is 8.84. The van der Waals surface area contributed by atoms with Crippen LogP contribution in [-0.4, -0.2) is 49.1 Å². The van der Waals surface area contributed by atoms with E-state index in [2.05, 4.69) is 17.0 Å². The second-order valence-electron chi connectivity index (χ2n) is 10.9. The maximum atomic E-state index is 14.1. The number of hydrogen-bond donors (Lipinski definition) is 0. The minimum Gasteiger partial charge on any atom is -0.318 e. The van der Waals surface area contributed by atoms with Crippen molar-refractivity contribution in [2.24, 2.45) is 0 Å². The summed E-state index contributed by atoms with van der Waals surface area (Å²) in [4.78, 5) is 17.4. The van der Waals surface area contributed by atoms with E-state index in [1.54, 1.807) is 0 Å². The van der Waals surface area contributed by atoms with Crippen molar-refractivity contribution < 1.29 is 13.2 Å². The van der Waals surface area contributed by atoms with Crippen LogP contribution in [0.25, 0.3) is 11.1 Å². The number of amides is 1. The van der Waals surface area contributed by atoms with Crippen LogP contribution in [0.2, 0.25) is 0 Å². The summed E-state index contributed by atoms with van der Waals surface area (Å²) in [6.45, 7) is 4.59. The number of fused-ring (bicyclic) bond motifs is 4. The Labute approximate surface area is 226 Å². The lowest BCUT2D eigenvalue weighted by molar-refractivity contribution is -0.0234. The van der Waals surface area contributed by atoms with Gasteiger partial charge in [-0.15, -0.1) is 0 Å². The van der Waals surface area contributed by atoms with Crippen LogP contribution in [0.15, 0.2) is 72.8 Å². The van der Waals surface area contributed by atoms with Gasteiger partial charge in [0.15, 0.2) is 9.84 Å². The van der Waals surface area contributed by atoms with Gasteiger partial charge in [-0.2, -0.15) is 0 Å². The summed E-state index contributed by atoms with van der Waals surface area (Å²) in [6.07, 6.45) is 4.97. The van der Waals surface area contributed by atoms with E-state index in [9.17, 15) is 13.2 Å². The van der Waals surface area contributed by atoms with Crippen LogP contribution >= 0.6 is 0 Å². The molecule has 2 heterocycles. The standard InChI is InChI=1S/C32H36N2O3S/c1-2-3-22-38(36,37)32(28-16-8-6-14-26(28)27-15-7-9-17-29(27)32)19-10-11-20-33-21-18-30(33)34-23-24-12-4-5-13-25(24)31(34)35/h4-9,12-17,30H,2-3,10-11,18-23H2,1H3. The Hall–Kier alpha value is -2.96. The van der Waals surface area contributed by atoms with Crippen LogP contribution < -0.4 is 0 Å². The van der Waals surface area contributed by atoms with Gasteiger partial charge < -0.3 is 4.90 Å². The Morgan fingerprint density at radius 3 is 2.08 bits per heavy atom. The molecule has 5 nitrogen and oxygen atoms in total. The van der Waals surface area contributed by atoms with Crippen molar-refractivity contribution in [2.75, 3.05) is 18.8 Å². The summed E-state index contributed by atoms with van der Waals surface area (Å²) >= 11 is 0. The third kappa shape index (κ3) is 3.92. The van der Waals surface area contributed by atoms with Gasteiger partial charge in [-0.25, -0.2) is 8.42 Å². The lowest BCUT2D eigenvalue weighted by Gasteiger charge is -2.46. The zero-order valence-corrected chi connectivity index (χ0v) is 22.9. The summed E-state index contributed by atoms with van der Waals surface area (Å²) in [7, 11) is -3.43. The lowest BCUT2D eigenvalue weighted by atomic mass is 9.90. The molecule has 3 aromatic rings. The van der Waals surface area contributed by atoms with E-state index in [0.717, 1.165) is 72.2 Å². The van der Waals surface area contributed by atoms with E-state index in [1.807, 2.05) is 72.5 Å². The number of rotatable bonds is 10. The Balaban J connectivity index is 1.20. The number of nitrogens with zero attached hydrogens (tertiary/aromatic N) is 2. The summed E-state index contributed by atoms with van der Waals surface area (Å²) in [5.74, 6) is 0.341. The molecule has 0 radical (unpaired) electrons. The summed E-state index contributed by atoms with van der Waals surface area (Å²) in [6, 6.07) is 24.1. The van der Waals surface area contributed by atoms with Crippen molar-refractivity contribution in [3.8, 4) is 11.1 Å². The highest BCUT2D eigenvalue weighted by Crippen LogP contribution is 2.54. The fourth-order valence-corrected chi connectivity index (χ4v) is 9.30. The van der Waals surface area contributed by atoms with E-state index in [1.165, 1.54) is 0 Å². The topological polar surface area (TPSA) is 57.7 Å². The minimum absolute atomic E-state index is 0.135. The summed E-state index contributed by atoms with van der Waals surface area (Å²) in [5, 5.41) is 0. The number of carbonyl (C=O) groups excluding carboxylic acids is 1. The molecule has 3 aromatic carbocycles. The van der Waals surface area contributed by atoms with Crippen molar-refractivity contribution in [3.63, 3.8) is 0 Å². The van der Waals surface area contributed by atoms with E-state index in [-0.39, 0.29) is 17.8 Å². The molecule has 0 aromatic heterocycles. The molecular weight excluding hydrogens is 492 g/mol. The molecule has 1 aliphatic carbocycles. The molecule has 1 unspecified atom stereocenters. The van der Waals surface area contributed by atoms with Crippen LogP contribution in [0.4, 0.5) is 0 Å². The van der Waals surface area contributed by atoms with Crippen molar-refractivity contribution >= 4 is 15.7 Å². The quantitative estimate of drug-likeness (QED) is 0.304. The van der Waals surface area contributed by atoms with Crippen molar-refractivity contribution in [1.29, 1.82) is 0 Å². The van der Waals surface area contributed by atoms with Crippen LogP contribution in [-0.2, 0) is 21.1 Å². The van der Waals surface area contributed by atoms with Gasteiger partial charge in [0.25, 0.3) is 5.91 Å². The molecule has 3 aliphatic rings. The van der Waals surface area contributed by atoms with Gasteiger partial charge >= 0.3 is 0 Å². The smallest absolute Gasteiger partial charge is 0.255 e. The molecule has 0 spiro atoms. The Morgan fingerprint density at radius 2 is 1.47 bits per heavy atom. The second kappa shape index (κ2) is 9.97. The highest BCUT2D eigenvalue weighted by atomic mass is 32.2. The van der Waals surface area contributed by atoms with Gasteiger partial charge in [0.2, 0.25) is 0 Å². The zero-order chi connectivity index (χ0) is 26.3. The molecule has 0 bridgehead atoms. The van der Waals surface area contributed by atoms with Crippen LogP contribution in [0.5, 0.6) is 0 Å². The highest BCUT2D eigenvalue weighted by molar-refractivity contribution is 7.92. The number of carbonyl (C=O) groups is 1. The van der Waals surface area contributed by atoms with E-state index < -0.39 is 14.6 Å². The summed E-state index contributed by atoms with van der Waals surface area (Å²) in [5.41, 5.74) is 5.94. The third-order valence-corrected chi connectivity index (χ3v) is 11.4. The first kappa shape index (κ1) is 25.3. The molecule has 6 rings (SSSR count). The van der Waals surface area contributed by atoms with Crippen LogP contribution in [0.1, 0.15) is 72.5 Å². The van der Waals surface area contributed by atoms with Crippen molar-refractivity contribution in [1.82, 2.24) is 9.80 Å². The predicted octanol–water partition coefficient (Wildman–Crippen LogP) is 5.98. The number of hydrogen-bond acceptors (Lipinski definition) is 4. The summed E-state index contributed by atoms with van der Waals surface area (Å²) < 4.78 is 27.3. The molecule has 6 heteroatoms. The number of sulfone groups is 1. The van der Waals surface area contributed by atoms with E-state index >= 15 is 0 Å². The van der Waals surface area contributed by atoms with Gasteiger partial charge in [0.1, 0.15) is 4.75 Å². The predicted molar refractivity (Wildman–Crippen MR) is 151 cm³/mol. The fraction of sp³-hybridized carbons (Fsp3) is 0.406. The molecule has 1 amide bonds. The molecule has 198 valence electrons. The Morgan fingerprint density at radius 1 is 0.842 bits per heavy atom. The molecule has 0 N–H and O–H groups in total. The molecule has 1 saturated heterocycles. The van der Waals surface area contributed by atoms with Gasteiger partial charge in [0.05, 0.1) is 11.9 Å². The number of likely N-dealkylation sites (tertiary alicyclic amines) is 1. The fourth-order valence-electron chi connectivity index (χ4n) is 6.80. The van der Waals surface area contributed by atoms with Crippen LogP contribution in [0, 0.1) is 0 Å². The first-order valence-electron chi connectivity index (χ1n) is 14.0. The van der Waals surface area contributed by atoms with Crippen molar-refractivity contribution in [2.45, 2.75) is 62.9 Å². The van der Waals surface area contributed by atoms with Crippen LogP contribution in [0.3, 0.4) is 0 Å².